The number of rotatable bonds is 1. The summed E-state index contributed by atoms with van der Waals surface area (Å²) < 4.78 is 0. The Balaban J connectivity index is 2.40. The number of aliphatic hydroxyl groups is 2. The third kappa shape index (κ3) is 0.992. The second-order valence-corrected chi connectivity index (χ2v) is 2.10. The molecule has 3 N–H and O–H groups in total. The first-order valence-corrected chi connectivity index (χ1v) is 2.65. The van der Waals surface area contributed by atoms with Gasteiger partial charge < -0.3 is 15.5 Å². The van der Waals surface area contributed by atoms with E-state index in [1.54, 1.807) is 6.42 Å². The Morgan fingerprint density at radius 2 is 2.50 bits per heavy atom. The Bertz CT molecular complexity index is 78.5. The molecule has 47 valence electrons. The van der Waals surface area contributed by atoms with Gasteiger partial charge >= 0.3 is 0 Å². The van der Waals surface area contributed by atoms with E-state index in [-0.39, 0.29) is 6.61 Å². The number of hydrogen-bond donors (Lipinski definition) is 3. The zero-order valence-corrected chi connectivity index (χ0v) is 4.59. The maximum atomic E-state index is 9.13. The molecule has 1 atom stereocenters. The lowest BCUT2D eigenvalue weighted by atomic mass is 10.1. The maximum absolute atomic E-state index is 9.13. The highest BCUT2D eigenvalue weighted by molar-refractivity contribution is 5.01. The van der Waals surface area contributed by atoms with E-state index in [2.05, 4.69) is 5.32 Å². The molecule has 3 nitrogen and oxygen atoms in total. The molecule has 1 heterocycles. The Kier molecular flexibility index (Phi) is 1.51. The van der Waals surface area contributed by atoms with Crippen LogP contribution in [0.15, 0.2) is 0 Å². The van der Waals surface area contributed by atoms with Gasteiger partial charge in [0.2, 0.25) is 0 Å². The molecular weight excluding hydrogens is 106 g/mol. The maximum Gasteiger partial charge on any atom is 0.104 e. The van der Waals surface area contributed by atoms with Crippen molar-refractivity contribution in [3.05, 3.63) is 6.42 Å². The van der Waals surface area contributed by atoms with Crippen LogP contribution in [0.5, 0.6) is 0 Å². The number of hydrogen-bond acceptors (Lipinski definition) is 3. The highest BCUT2D eigenvalue weighted by atomic mass is 16.3. The standard InChI is InChI=1S/C5H10NO2/c7-4-5(8)1-2-6-3-5/h1,6-8H,2-4H2. The van der Waals surface area contributed by atoms with Crippen molar-refractivity contribution >= 4 is 0 Å². The van der Waals surface area contributed by atoms with Crippen LogP contribution in [0.2, 0.25) is 0 Å². The van der Waals surface area contributed by atoms with Crippen molar-refractivity contribution in [2.45, 2.75) is 5.60 Å². The fraction of sp³-hybridized carbons (Fsp3) is 0.800. The van der Waals surface area contributed by atoms with Gasteiger partial charge in [0.05, 0.1) is 6.61 Å². The summed E-state index contributed by atoms with van der Waals surface area (Å²) in [5.74, 6) is 0. The molecule has 0 amide bonds. The molecule has 1 saturated heterocycles. The van der Waals surface area contributed by atoms with Crippen LogP contribution in [-0.2, 0) is 0 Å². The largest absolute Gasteiger partial charge is 0.393 e. The first-order valence-electron chi connectivity index (χ1n) is 2.65. The minimum Gasteiger partial charge on any atom is -0.393 e. The van der Waals surface area contributed by atoms with Crippen LogP contribution in [0.1, 0.15) is 0 Å². The number of nitrogens with one attached hydrogen (secondary N) is 1. The molecule has 0 saturated carbocycles. The average molecular weight is 116 g/mol. The Morgan fingerprint density at radius 3 is 2.75 bits per heavy atom. The smallest absolute Gasteiger partial charge is 0.104 e. The zero-order valence-electron chi connectivity index (χ0n) is 4.59. The van der Waals surface area contributed by atoms with Crippen LogP contribution in [0.4, 0.5) is 0 Å². The van der Waals surface area contributed by atoms with Crippen molar-refractivity contribution < 1.29 is 10.2 Å². The van der Waals surface area contributed by atoms with Crippen molar-refractivity contribution in [2.75, 3.05) is 19.7 Å². The molecule has 0 aliphatic carbocycles. The SMILES string of the molecule is OCC1(O)[CH]CNC1. The quantitative estimate of drug-likeness (QED) is 0.391. The average Bonchev–Trinajstić information content (AvgIpc) is 2.17. The third-order valence-electron chi connectivity index (χ3n) is 1.33. The van der Waals surface area contributed by atoms with E-state index in [1.807, 2.05) is 0 Å². The fourth-order valence-electron chi connectivity index (χ4n) is 0.743. The van der Waals surface area contributed by atoms with Gasteiger partial charge in [0.1, 0.15) is 5.60 Å². The van der Waals surface area contributed by atoms with Gasteiger partial charge in [-0.15, -0.1) is 0 Å². The van der Waals surface area contributed by atoms with E-state index < -0.39 is 5.60 Å². The summed E-state index contributed by atoms with van der Waals surface area (Å²) in [6.45, 7) is 0.987. The molecular formula is C5H10NO2. The van der Waals surface area contributed by atoms with Gasteiger partial charge in [-0.05, 0) is 0 Å². The lowest BCUT2D eigenvalue weighted by molar-refractivity contribution is 0.0301. The number of aliphatic hydroxyl groups excluding tert-OH is 1. The van der Waals surface area contributed by atoms with Crippen molar-refractivity contribution in [2.24, 2.45) is 0 Å². The second kappa shape index (κ2) is 2.01. The van der Waals surface area contributed by atoms with Gasteiger partial charge in [-0.25, -0.2) is 0 Å². The molecule has 1 aliphatic rings. The molecule has 1 radical (unpaired) electrons. The van der Waals surface area contributed by atoms with Crippen LogP contribution in [0, 0.1) is 6.42 Å². The molecule has 1 rings (SSSR count). The molecule has 0 aromatic heterocycles. The Morgan fingerprint density at radius 1 is 1.75 bits per heavy atom. The van der Waals surface area contributed by atoms with E-state index in [0.29, 0.717) is 13.1 Å². The molecule has 8 heavy (non-hydrogen) atoms. The first-order chi connectivity index (χ1) is 3.77. The second-order valence-electron chi connectivity index (χ2n) is 2.10. The van der Waals surface area contributed by atoms with Crippen LogP contribution in [-0.4, -0.2) is 35.5 Å². The molecule has 0 bridgehead atoms. The molecule has 1 aliphatic heterocycles. The predicted molar refractivity (Wildman–Crippen MR) is 29.2 cm³/mol. The highest BCUT2D eigenvalue weighted by Crippen LogP contribution is 2.10. The van der Waals surface area contributed by atoms with Crippen LogP contribution in [0.3, 0.4) is 0 Å². The van der Waals surface area contributed by atoms with E-state index in [0.717, 1.165) is 0 Å². The van der Waals surface area contributed by atoms with Crippen molar-refractivity contribution in [1.82, 2.24) is 5.32 Å². The van der Waals surface area contributed by atoms with Gasteiger partial charge in [-0.1, -0.05) is 0 Å². The fourth-order valence-corrected chi connectivity index (χ4v) is 0.743. The normalized spacial score (nSPS) is 38.2. The van der Waals surface area contributed by atoms with Gasteiger partial charge in [0, 0.05) is 19.5 Å². The zero-order chi connectivity index (χ0) is 6.04. The van der Waals surface area contributed by atoms with Crippen LogP contribution >= 0.6 is 0 Å². The molecule has 3 heteroatoms. The summed E-state index contributed by atoms with van der Waals surface area (Å²) in [5.41, 5.74) is -0.944. The summed E-state index contributed by atoms with van der Waals surface area (Å²) in [6.07, 6.45) is 1.67. The van der Waals surface area contributed by atoms with E-state index in [1.165, 1.54) is 0 Å². The minimum atomic E-state index is -0.944. The van der Waals surface area contributed by atoms with Gasteiger partial charge in [0.25, 0.3) is 0 Å². The third-order valence-corrected chi connectivity index (χ3v) is 1.33. The summed E-state index contributed by atoms with van der Waals surface area (Å²) in [4.78, 5) is 0. The topological polar surface area (TPSA) is 52.5 Å². The molecule has 1 unspecified atom stereocenters. The monoisotopic (exact) mass is 116 g/mol. The van der Waals surface area contributed by atoms with Crippen LogP contribution in [0.25, 0.3) is 0 Å². The molecule has 0 spiro atoms. The predicted octanol–water partition coefficient (Wildman–Crippen LogP) is -1.48. The lowest BCUT2D eigenvalue weighted by Gasteiger charge is -2.15. The van der Waals surface area contributed by atoms with E-state index in [4.69, 9.17) is 10.2 Å². The highest BCUT2D eigenvalue weighted by Gasteiger charge is 2.29. The van der Waals surface area contributed by atoms with Gasteiger partial charge in [-0.2, -0.15) is 0 Å². The van der Waals surface area contributed by atoms with Crippen LogP contribution < -0.4 is 5.32 Å². The van der Waals surface area contributed by atoms with E-state index in [9.17, 15) is 0 Å². The lowest BCUT2D eigenvalue weighted by Crippen LogP contribution is -2.35. The Labute approximate surface area is 48.3 Å². The van der Waals surface area contributed by atoms with Crippen molar-refractivity contribution in [1.29, 1.82) is 0 Å². The van der Waals surface area contributed by atoms with E-state index >= 15 is 0 Å². The summed E-state index contributed by atoms with van der Waals surface area (Å²) in [7, 11) is 0. The summed E-state index contributed by atoms with van der Waals surface area (Å²) >= 11 is 0. The molecule has 1 fully saturated rings. The Hall–Kier alpha value is -0.120. The molecule has 0 aromatic rings. The van der Waals surface area contributed by atoms with Crippen molar-refractivity contribution in [3.63, 3.8) is 0 Å². The minimum absolute atomic E-state index is 0.181. The number of β-amino-alcohol motifs (C(OH)–C–C–N with tert-alkyl or cyclic N) is 1. The first kappa shape index (κ1) is 6.01. The summed E-state index contributed by atoms with van der Waals surface area (Å²) in [5, 5.41) is 20.5. The van der Waals surface area contributed by atoms with Crippen molar-refractivity contribution in [3.8, 4) is 0 Å². The van der Waals surface area contributed by atoms with Gasteiger partial charge in [-0.3, -0.25) is 0 Å². The van der Waals surface area contributed by atoms with Gasteiger partial charge in [0.15, 0.2) is 0 Å². The molecule has 0 aromatic carbocycles. The summed E-state index contributed by atoms with van der Waals surface area (Å²) in [6, 6.07) is 0.